The molecular formula is C25H27FN6O3. The molecule has 0 spiro atoms. The minimum absolute atomic E-state index is 0.0587. The number of fused-ring (bicyclic) bond motifs is 1. The molecule has 1 amide bonds. The molecule has 3 aromatic rings. The predicted molar refractivity (Wildman–Crippen MR) is 131 cm³/mol. The van der Waals surface area contributed by atoms with E-state index >= 15 is 0 Å². The van der Waals surface area contributed by atoms with Gasteiger partial charge in [0.15, 0.2) is 5.76 Å². The van der Waals surface area contributed by atoms with Gasteiger partial charge in [-0.2, -0.15) is 0 Å². The third-order valence-electron chi connectivity index (χ3n) is 6.36. The molecule has 0 atom stereocenters. The Morgan fingerprint density at radius 3 is 2.51 bits per heavy atom. The number of aromatic amines is 1. The van der Waals surface area contributed by atoms with Crippen LogP contribution < -0.4 is 21.1 Å². The first kappa shape index (κ1) is 22.9. The largest absolute Gasteiger partial charge is 0.391 e. The molecule has 0 aliphatic carbocycles. The van der Waals surface area contributed by atoms with Crippen molar-refractivity contribution in [1.29, 1.82) is 0 Å². The number of alkyl halides is 1. The highest BCUT2D eigenvalue weighted by Gasteiger charge is 2.31. The molecule has 2 aliphatic heterocycles. The molecule has 0 radical (unpaired) electrons. The van der Waals surface area contributed by atoms with E-state index in [4.69, 9.17) is 4.84 Å². The van der Waals surface area contributed by atoms with Gasteiger partial charge in [-0.15, -0.1) is 0 Å². The van der Waals surface area contributed by atoms with Crippen LogP contribution in [0.4, 0.5) is 16.0 Å². The van der Waals surface area contributed by atoms with Crippen molar-refractivity contribution in [3.05, 3.63) is 76.4 Å². The zero-order chi connectivity index (χ0) is 24.6. The normalized spacial score (nSPS) is 16.4. The molecule has 2 aliphatic rings. The maximum atomic E-state index is 13.2. The fourth-order valence-electron chi connectivity index (χ4n) is 4.07. The number of para-hydroxylation sites is 1. The van der Waals surface area contributed by atoms with Gasteiger partial charge < -0.3 is 14.6 Å². The number of piperazine rings is 1. The third-order valence-corrected chi connectivity index (χ3v) is 6.36. The van der Waals surface area contributed by atoms with Crippen LogP contribution in [0.5, 0.6) is 0 Å². The highest BCUT2D eigenvalue weighted by atomic mass is 19.1. The highest BCUT2D eigenvalue weighted by Crippen LogP contribution is 2.31. The molecule has 1 fully saturated rings. The number of hydrogen-bond donors (Lipinski definition) is 2. The molecule has 0 saturated carbocycles. The number of carbonyl (C=O) groups excluding carboxylic acids is 1. The van der Waals surface area contributed by atoms with Crippen molar-refractivity contribution in [3.8, 4) is 0 Å². The predicted octanol–water partition coefficient (Wildman–Crippen LogP) is 2.98. The first-order valence-corrected chi connectivity index (χ1v) is 11.5. The lowest BCUT2D eigenvalue weighted by Gasteiger charge is -2.35. The van der Waals surface area contributed by atoms with E-state index in [1.807, 2.05) is 35.2 Å². The summed E-state index contributed by atoms with van der Waals surface area (Å²) in [7, 11) is 0. The van der Waals surface area contributed by atoms with Gasteiger partial charge in [-0.05, 0) is 36.4 Å². The number of anilines is 2. The summed E-state index contributed by atoms with van der Waals surface area (Å²) in [6, 6.07) is 14.4. The molecule has 1 aromatic heterocycles. The molecule has 9 nitrogen and oxygen atoms in total. The van der Waals surface area contributed by atoms with Crippen LogP contribution in [0.1, 0.15) is 24.2 Å². The van der Waals surface area contributed by atoms with Gasteiger partial charge in [-0.3, -0.25) is 19.0 Å². The van der Waals surface area contributed by atoms with Gasteiger partial charge in [0.25, 0.3) is 11.5 Å². The molecule has 1 saturated heterocycles. The lowest BCUT2D eigenvalue weighted by Crippen LogP contribution is -2.49. The second-order valence-corrected chi connectivity index (χ2v) is 9.31. The lowest BCUT2D eigenvalue weighted by atomic mass is 9.93. The van der Waals surface area contributed by atoms with Crippen molar-refractivity contribution in [2.24, 2.45) is 5.41 Å². The van der Waals surface area contributed by atoms with Crippen LogP contribution in [0, 0.1) is 5.41 Å². The summed E-state index contributed by atoms with van der Waals surface area (Å²) in [5.41, 5.74) is 3.85. The first-order chi connectivity index (χ1) is 16.9. The monoisotopic (exact) mass is 478 g/mol. The molecule has 3 heterocycles. The number of allylic oxidation sites excluding steroid dienone is 1. The summed E-state index contributed by atoms with van der Waals surface area (Å²) >= 11 is 0. The van der Waals surface area contributed by atoms with Crippen LogP contribution in [0.15, 0.2) is 65.3 Å². The zero-order valence-corrected chi connectivity index (χ0v) is 19.6. The fraction of sp³-hybridized carbons (Fsp3) is 0.320. The summed E-state index contributed by atoms with van der Waals surface area (Å²) < 4.78 is 13.2. The number of halogens is 1. The van der Waals surface area contributed by atoms with Gasteiger partial charge in [0, 0.05) is 31.7 Å². The number of aromatic nitrogens is 2. The highest BCUT2D eigenvalue weighted by molar-refractivity contribution is 5.94. The molecule has 0 unspecified atom stereocenters. The van der Waals surface area contributed by atoms with Crippen molar-refractivity contribution in [3.63, 3.8) is 0 Å². The summed E-state index contributed by atoms with van der Waals surface area (Å²) in [5, 5.41) is 2.21. The molecule has 182 valence electrons. The minimum atomic E-state index is -0.727. The van der Waals surface area contributed by atoms with E-state index in [0.717, 1.165) is 5.69 Å². The number of hydrazine groups is 1. The van der Waals surface area contributed by atoms with Gasteiger partial charge in [0.2, 0.25) is 5.95 Å². The number of benzene rings is 2. The Morgan fingerprint density at radius 1 is 1.09 bits per heavy atom. The Bertz CT molecular complexity index is 1330. The maximum absolute atomic E-state index is 13.2. The fourth-order valence-corrected chi connectivity index (χ4v) is 4.07. The summed E-state index contributed by atoms with van der Waals surface area (Å²) in [6.45, 7) is 5.16. The molecule has 35 heavy (non-hydrogen) atoms. The summed E-state index contributed by atoms with van der Waals surface area (Å²) in [4.78, 5) is 42.1. The number of H-pyrrole nitrogens is 1. The smallest absolute Gasteiger partial charge is 0.260 e. The van der Waals surface area contributed by atoms with Crippen LogP contribution in [-0.2, 0) is 4.84 Å². The standard InChI is InChI=1S/C25H27FN6O3/c1-25(2,16-26)21-15-32(29-35-21)18-9-7-17(8-10-18)23(34)30-11-13-31(14-12-30)24-27-20-6-4-3-5-19(20)22(33)28-24/h3-10,15,29H,11-14,16H2,1-2H3,(H,27,28,33). The summed E-state index contributed by atoms with van der Waals surface area (Å²) in [6.07, 6.45) is 1.71. The number of carbonyl (C=O) groups is 1. The quantitative estimate of drug-likeness (QED) is 0.582. The topological polar surface area (TPSA) is 93.8 Å². The van der Waals surface area contributed by atoms with Crippen LogP contribution >= 0.6 is 0 Å². The maximum Gasteiger partial charge on any atom is 0.260 e. The Hall–Kier alpha value is -3.92. The van der Waals surface area contributed by atoms with E-state index < -0.39 is 12.1 Å². The van der Waals surface area contributed by atoms with E-state index in [2.05, 4.69) is 15.6 Å². The van der Waals surface area contributed by atoms with E-state index in [1.54, 1.807) is 48.2 Å². The van der Waals surface area contributed by atoms with E-state index in [-0.39, 0.29) is 11.5 Å². The van der Waals surface area contributed by atoms with Gasteiger partial charge in [-0.1, -0.05) is 31.6 Å². The number of hydrogen-bond acceptors (Lipinski definition) is 7. The van der Waals surface area contributed by atoms with Crippen molar-refractivity contribution in [1.82, 2.24) is 20.5 Å². The molecule has 0 bridgehead atoms. The van der Waals surface area contributed by atoms with Crippen molar-refractivity contribution in [2.75, 3.05) is 42.8 Å². The van der Waals surface area contributed by atoms with Crippen molar-refractivity contribution in [2.45, 2.75) is 13.8 Å². The summed E-state index contributed by atoms with van der Waals surface area (Å²) in [5.74, 6) is 0.964. The number of nitrogens with zero attached hydrogens (tertiary/aromatic N) is 4. The molecular weight excluding hydrogens is 451 g/mol. The van der Waals surface area contributed by atoms with Gasteiger partial charge >= 0.3 is 0 Å². The average molecular weight is 479 g/mol. The Balaban J connectivity index is 1.23. The van der Waals surface area contributed by atoms with Gasteiger partial charge in [0.05, 0.1) is 28.2 Å². The molecule has 5 rings (SSSR count). The minimum Gasteiger partial charge on any atom is -0.391 e. The van der Waals surface area contributed by atoms with Gasteiger partial charge in [-0.25, -0.2) is 9.99 Å². The Kier molecular flexibility index (Phi) is 5.89. The number of nitrogens with one attached hydrogen (secondary N) is 2. The van der Waals surface area contributed by atoms with Crippen molar-refractivity contribution < 1.29 is 14.0 Å². The van der Waals surface area contributed by atoms with E-state index in [0.29, 0.717) is 54.4 Å². The molecule has 2 N–H and O–H groups in total. The second kappa shape index (κ2) is 9.03. The van der Waals surface area contributed by atoms with Crippen molar-refractivity contribution >= 4 is 28.4 Å². The lowest BCUT2D eigenvalue weighted by molar-refractivity contribution is 0.0745. The second-order valence-electron chi connectivity index (χ2n) is 9.31. The van der Waals surface area contributed by atoms with Crippen LogP contribution in [0.2, 0.25) is 0 Å². The molecule has 10 heteroatoms. The average Bonchev–Trinajstić information content (AvgIpc) is 3.40. The van der Waals surface area contributed by atoms with E-state index in [9.17, 15) is 14.0 Å². The van der Waals surface area contributed by atoms with Crippen LogP contribution in [0.25, 0.3) is 10.9 Å². The first-order valence-electron chi connectivity index (χ1n) is 11.5. The third kappa shape index (κ3) is 4.44. The number of rotatable bonds is 5. The SMILES string of the molecule is CC(C)(CF)C1=CN(c2ccc(C(=O)N3CCN(c4nc5ccccc5c(=O)[nH]4)CC3)cc2)NO1. The van der Waals surface area contributed by atoms with Crippen LogP contribution in [-0.4, -0.2) is 53.6 Å². The van der Waals surface area contributed by atoms with Gasteiger partial charge in [0.1, 0.15) is 6.67 Å². The van der Waals surface area contributed by atoms with Crippen LogP contribution in [0.3, 0.4) is 0 Å². The molecule has 2 aromatic carbocycles. The Morgan fingerprint density at radius 2 is 1.80 bits per heavy atom. The number of amides is 1. The van der Waals surface area contributed by atoms with E-state index in [1.165, 1.54) is 0 Å². The Labute approximate surface area is 201 Å². The zero-order valence-electron chi connectivity index (χ0n) is 19.6.